The van der Waals surface area contributed by atoms with E-state index in [-0.39, 0.29) is 12.4 Å². The Morgan fingerprint density at radius 1 is 1.43 bits per heavy atom. The molecular formula is C11H15NO2. The fourth-order valence-electron chi connectivity index (χ4n) is 1.28. The third-order valence-electron chi connectivity index (χ3n) is 2.00. The molecule has 1 rings (SSSR count). The number of ether oxygens (including phenoxy) is 1. The monoisotopic (exact) mass is 193 g/mol. The summed E-state index contributed by atoms with van der Waals surface area (Å²) < 4.78 is 4.90. The summed E-state index contributed by atoms with van der Waals surface area (Å²) in [4.78, 5) is 11.9. The van der Waals surface area contributed by atoms with E-state index in [2.05, 4.69) is 0 Å². The summed E-state index contributed by atoms with van der Waals surface area (Å²) in [5.74, 6) is -0.0973. The van der Waals surface area contributed by atoms with Gasteiger partial charge in [0.25, 0.3) is 0 Å². The highest BCUT2D eigenvalue weighted by Crippen LogP contribution is 2.10. The Kier molecular flexibility index (Phi) is 3.38. The third kappa shape index (κ3) is 2.40. The quantitative estimate of drug-likeness (QED) is 0.732. The molecule has 0 saturated heterocycles. The van der Waals surface area contributed by atoms with Gasteiger partial charge in [-0.25, -0.2) is 0 Å². The molecule has 0 fully saturated rings. The Morgan fingerprint density at radius 3 is 2.50 bits per heavy atom. The minimum absolute atomic E-state index is 0.0973. The van der Waals surface area contributed by atoms with Crippen LogP contribution in [0.15, 0.2) is 30.3 Å². The largest absolute Gasteiger partial charge is 0.382 e. The number of methoxy groups -OCH3 is 1. The van der Waals surface area contributed by atoms with Crippen LogP contribution >= 0.6 is 0 Å². The number of rotatable bonds is 4. The molecule has 1 atom stereocenters. The summed E-state index contributed by atoms with van der Waals surface area (Å²) in [6, 6.07) is 9.00. The molecule has 0 aromatic heterocycles. The topological polar surface area (TPSA) is 52.3 Å². The van der Waals surface area contributed by atoms with E-state index >= 15 is 0 Å². The van der Waals surface area contributed by atoms with E-state index in [9.17, 15) is 4.79 Å². The average molecular weight is 193 g/mol. The van der Waals surface area contributed by atoms with Gasteiger partial charge in [0.2, 0.25) is 0 Å². The lowest BCUT2D eigenvalue weighted by atomic mass is 9.93. The maximum Gasteiger partial charge on any atom is 0.184 e. The van der Waals surface area contributed by atoms with E-state index in [0.717, 1.165) is 0 Å². The molecule has 1 unspecified atom stereocenters. The van der Waals surface area contributed by atoms with E-state index in [0.29, 0.717) is 5.56 Å². The highest BCUT2D eigenvalue weighted by atomic mass is 16.5. The molecule has 0 bridgehead atoms. The molecule has 0 heterocycles. The zero-order chi connectivity index (χ0) is 10.6. The van der Waals surface area contributed by atoms with Gasteiger partial charge in [0.05, 0.1) is 6.61 Å². The van der Waals surface area contributed by atoms with Gasteiger partial charge in [-0.1, -0.05) is 30.3 Å². The molecule has 0 aliphatic heterocycles. The molecular weight excluding hydrogens is 178 g/mol. The Labute approximate surface area is 83.9 Å². The van der Waals surface area contributed by atoms with Gasteiger partial charge in [-0.2, -0.15) is 0 Å². The molecule has 1 aromatic rings. The fraction of sp³-hybridized carbons (Fsp3) is 0.364. The average Bonchev–Trinajstić information content (AvgIpc) is 2.18. The smallest absolute Gasteiger partial charge is 0.184 e. The maximum atomic E-state index is 11.9. The number of carbonyl (C=O) groups excluding carboxylic acids is 1. The van der Waals surface area contributed by atoms with Crippen LogP contribution in [0.3, 0.4) is 0 Å². The molecule has 0 radical (unpaired) electrons. The van der Waals surface area contributed by atoms with Crippen molar-refractivity contribution in [3.63, 3.8) is 0 Å². The van der Waals surface area contributed by atoms with Crippen molar-refractivity contribution in [1.29, 1.82) is 0 Å². The number of hydrogen-bond acceptors (Lipinski definition) is 3. The molecule has 0 amide bonds. The van der Waals surface area contributed by atoms with Gasteiger partial charge in [-0.3, -0.25) is 4.79 Å². The van der Waals surface area contributed by atoms with Crippen molar-refractivity contribution in [2.45, 2.75) is 12.5 Å². The first kappa shape index (κ1) is 10.9. The molecule has 0 spiro atoms. The molecule has 0 aliphatic rings. The molecule has 14 heavy (non-hydrogen) atoms. The van der Waals surface area contributed by atoms with Gasteiger partial charge < -0.3 is 10.5 Å². The van der Waals surface area contributed by atoms with Gasteiger partial charge in [-0.05, 0) is 6.92 Å². The molecule has 76 valence electrons. The van der Waals surface area contributed by atoms with Crippen LogP contribution in [-0.2, 0) is 4.74 Å². The lowest BCUT2D eigenvalue weighted by Gasteiger charge is -2.21. The second kappa shape index (κ2) is 4.35. The molecule has 2 N–H and O–H groups in total. The van der Waals surface area contributed by atoms with E-state index < -0.39 is 5.54 Å². The van der Waals surface area contributed by atoms with Crippen molar-refractivity contribution >= 4 is 5.78 Å². The lowest BCUT2D eigenvalue weighted by molar-refractivity contribution is 0.0771. The van der Waals surface area contributed by atoms with Gasteiger partial charge in [0.15, 0.2) is 5.78 Å². The molecule has 1 aromatic carbocycles. The van der Waals surface area contributed by atoms with Crippen molar-refractivity contribution < 1.29 is 9.53 Å². The van der Waals surface area contributed by atoms with Crippen LogP contribution in [0.2, 0.25) is 0 Å². The molecule has 0 aliphatic carbocycles. The molecule has 3 heteroatoms. The third-order valence-corrected chi connectivity index (χ3v) is 2.00. The number of Topliss-reactive ketones (excluding diaryl/α,β-unsaturated/α-hetero) is 1. The van der Waals surface area contributed by atoms with Crippen LogP contribution in [0, 0.1) is 0 Å². The normalized spacial score (nSPS) is 14.8. The van der Waals surface area contributed by atoms with E-state index in [1.54, 1.807) is 19.1 Å². The summed E-state index contributed by atoms with van der Waals surface area (Å²) in [5, 5.41) is 0. The Bertz CT molecular complexity index is 306. The highest BCUT2D eigenvalue weighted by Gasteiger charge is 2.28. The lowest BCUT2D eigenvalue weighted by Crippen LogP contribution is -2.48. The second-order valence-electron chi connectivity index (χ2n) is 3.55. The Hall–Kier alpha value is -1.19. The number of ketones is 1. The Morgan fingerprint density at radius 2 is 2.00 bits per heavy atom. The van der Waals surface area contributed by atoms with Crippen LogP contribution in [0.4, 0.5) is 0 Å². The van der Waals surface area contributed by atoms with Crippen LogP contribution in [-0.4, -0.2) is 25.0 Å². The summed E-state index contributed by atoms with van der Waals surface area (Å²) in [6.07, 6.45) is 0. The van der Waals surface area contributed by atoms with Crippen molar-refractivity contribution in [3.05, 3.63) is 35.9 Å². The predicted octanol–water partition coefficient (Wildman–Crippen LogP) is 1.23. The summed E-state index contributed by atoms with van der Waals surface area (Å²) >= 11 is 0. The minimum atomic E-state index is -0.948. The minimum Gasteiger partial charge on any atom is -0.382 e. The summed E-state index contributed by atoms with van der Waals surface area (Å²) in [7, 11) is 1.53. The molecule has 0 saturated carbocycles. The van der Waals surface area contributed by atoms with Crippen molar-refractivity contribution in [2.24, 2.45) is 5.73 Å². The van der Waals surface area contributed by atoms with E-state index in [1.807, 2.05) is 18.2 Å². The van der Waals surface area contributed by atoms with Gasteiger partial charge in [0.1, 0.15) is 5.54 Å². The van der Waals surface area contributed by atoms with Crippen molar-refractivity contribution in [1.82, 2.24) is 0 Å². The Balaban J connectivity index is 2.85. The highest BCUT2D eigenvalue weighted by molar-refractivity contribution is 6.02. The summed E-state index contributed by atoms with van der Waals surface area (Å²) in [5.41, 5.74) is 5.50. The number of nitrogens with two attached hydrogens (primary N) is 1. The predicted molar refractivity (Wildman–Crippen MR) is 55.2 cm³/mol. The summed E-state index contributed by atoms with van der Waals surface area (Å²) in [6.45, 7) is 1.90. The van der Waals surface area contributed by atoms with Crippen LogP contribution in [0.25, 0.3) is 0 Å². The zero-order valence-corrected chi connectivity index (χ0v) is 8.49. The SMILES string of the molecule is COCC(C)(N)C(=O)c1ccccc1. The van der Waals surface area contributed by atoms with E-state index in [1.165, 1.54) is 7.11 Å². The van der Waals surface area contributed by atoms with E-state index in [4.69, 9.17) is 10.5 Å². The first-order valence-corrected chi connectivity index (χ1v) is 4.45. The van der Waals surface area contributed by atoms with Crippen LogP contribution < -0.4 is 5.73 Å². The number of hydrogen-bond donors (Lipinski definition) is 1. The maximum absolute atomic E-state index is 11.9. The van der Waals surface area contributed by atoms with Gasteiger partial charge >= 0.3 is 0 Å². The van der Waals surface area contributed by atoms with Crippen molar-refractivity contribution in [2.75, 3.05) is 13.7 Å². The number of benzene rings is 1. The van der Waals surface area contributed by atoms with Crippen LogP contribution in [0.5, 0.6) is 0 Å². The fourth-order valence-corrected chi connectivity index (χ4v) is 1.28. The van der Waals surface area contributed by atoms with Crippen LogP contribution in [0.1, 0.15) is 17.3 Å². The molecule has 3 nitrogen and oxygen atoms in total. The zero-order valence-electron chi connectivity index (χ0n) is 8.49. The second-order valence-corrected chi connectivity index (χ2v) is 3.55. The van der Waals surface area contributed by atoms with Crippen molar-refractivity contribution in [3.8, 4) is 0 Å². The standard InChI is InChI=1S/C11H15NO2/c1-11(12,8-14-2)10(13)9-6-4-3-5-7-9/h3-7H,8,12H2,1-2H3. The van der Waals surface area contributed by atoms with Gasteiger partial charge in [0, 0.05) is 12.7 Å². The number of carbonyl (C=O) groups is 1. The first-order valence-electron chi connectivity index (χ1n) is 4.45. The van der Waals surface area contributed by atoms with Gasteiger partial charge in [-0.15, -0.1) is 0 Å². The first-order chi connectivity index (χ1) is 6.58.